The number of carbonyl (C=O) groups excluding carboxylic acids is 1. The summed E-state index contributed by atoms with van der Waals surface area (Å²) in [6.07, 6.45) is 2.53. The summed E-state index contributed by atoms with van der Waals surface area (Å²) in [6.45, 7) is 2.84. The molecule has 0 spiro atoms. The van der Waals surface area contributed by atoms with Crippen LogP contribution in [0.5, 0.6) is 17.2 Å². The smallest absolute Gasteiger partial charge is 0.271 e. The van der Waals surface area contributed by atoms with Crippen LogP contribution < -0.4 is 19.6 Å². The van der Waals surface area contributed by atoms with E-state index in [9.17, 15) is 4.79 Å². The van der Waals surface area contributed by atoms with Crippen LogP contribution >= 0.6 is 0 Å². The fourth-order valence-electron chi connectivity index (χ4n) is 3.00. The second-order valence-corrected chi connectivity index (χ2v) is 6.31. The first-order valence-corrected chi connectivity index (χ1v) is 9.14. The van der Waals surface area contributed by atoms with Crippen molar-refractivity contribution in [3.05, 3.63) is 65.7 Å². The van der Waals surface area contributed by atoms with Crippen LogP contribution in [0.25, 0.3) is 10.8 Å². The number of hydrogen-bond donors (Lipinski definition) is 1. The van der Waals surface area contributed by atoms with E-state index in [0.717, 1.165) is 28.5 Å². The molecule has 0 aromatic heterocycles. The Morgan fingerprint density at radius 2 is 2.00 bits per heavy atom. The SMILES string of the molecule is CCCOc1ccc2ccccc2c1/C=N\NC(=O)c1ccc2c(c1)OCO2. The van der Waals surface area contributed by atoms with E-state index in [4.69, 9.17) is 14.2 Å². The van der Waals surface area contributed by atoms with Gasteiger partial charge in [0.25, 0.3) is 5.91 Å². The third-order valence-electron chi connectivity index (χ3n) is 4.39. The average molecular weight is 376 g/mol. The van der Waals surface area contributed by atoms with E-state index < -0.39 is 0 Å². The lowest BCUT2D eigenvalue weighted by Crippen LogP contribution is -2.17. The van der Waals surface area contributed by atoms with Gasteiger partial charge in [-0.15, -0.1) is 0 Å². The molecular formula is C22H20N2O4. The van der Waals surface area contributed by atoms with Crippen LogP contribution in [0, 0.1) is 0 Å². The molecule has 0 unspecified atom stereocenters. The van der Waals surface area contributed by atoms with Crippen molar-refractivity contribution < 1.29 is 19.0 Å². The van der Waals surface area contributed by atoms with Crippen molar-refractivity contribution in [1.29, 1.82) is 0 Å². The molecule has 1 heterocycles. The number of fused-ring (bicyclic) bond motifs is 2. The van der Waals surface area contributed by atoms with Gasteiger partial charge in [-0.3, -0.25) is 4.79 Å². The third kappa shape index (κ3) is 3.62. The van der Waals surface area contributed by atoms with Crippen LogP contribution in [0.1, 0.15) is 29.3 Å². The van der Waals surface area contributed by atoms with Crippen molar-refractivity contribution >= 4 is 22.9 Å². The number of hydrogen-bond acceptors (Lipinski definition) is 5. The van der Waals surface area contributed by atoms with Crippen molar-refractivity contribution in [2.75, 3.05) is 13.4 Å². The second-order valence-electron chi connectivity index (χ2n) is 6.31. The van der Waals surface area contributed by atoms with Crippen LogP contribution in [-0.2, 0) is 0 Å². The molecule has 142 valence electrons. The Hall–Kier alpha value is -3.54. The van der Waals surface area contributed by atoms with Crippen LogP contribution in [-0.4, -0.2) is 25.5 Å². The van der Waals surface area contributed by atoms with Gasteiger partial charge in [-0.2, -0.15) is 5.10 Å². The highest BCUT2D eigenvalue weighted by Gasteiger charge is 2.16. The van der Waals surface area contributed by atoms with E-state index in [1.807, 2.05) is 36.4 Å². The van der Waals surface area contributed by atoms with E-state index in [2.05, 4.69) is 17.5 Å². The van der Waals surface area contributed by atoms with Crippen molar-refractivity contribution in [3.63, 3.8) is 0 Å². The Labute approximate surface area is 162 Å². The molecule has 0 atom stereocenters. The molecule has 3 aromatic carbocycles. The highest BCUT2D eigenvalue weighted by molar-refractivity contribution is 6.03. The minimum Gasteiger partial charge on any atom is -0.493 e. The summed E-state index contributed by atoms with van der Waals surface area (Å²) in [4.78, 5) is 12.4. The van der Waals surface area contributed by atoms with E-state index >= 15 is 0 Å². The van der Waals surface area contributed by atoms with Gasteiger partial charge in [0.05, 0.1) is 12.8 Å². The Bertz CT molecular complexity index is 1050. The van der Waals surface area contributed by atoms with Gasteiger partial charge >= 0.3 is 0 Å². The third-order valence-corrected chi connectivity index (χ3v) is 4.39. The van der Waals surface area contributed by atoms with Crippen molar-refractivity contribution in [2.45, 2.75) is 13.3 Å². The van der Waals surface area contributed by atoms with Crippen LogP contribution in [0.4, 0.5) is 0 Å². The number of rotatable bonds is 6. The van der Waals surface area contributed by atoms with Crippen LogP contribution in [0.3, 0.4) is 0 Å². The Morgan fingerprint density at radius 3 is 2.89 bits per heavy atom. The van der Waals surface area contributed by atoms with Crippen molar-refractivity contribution in [2.24, 2.45) is 5.10 Å². The van der Waals surface area contributed by atoms with Gasteiger partial charge in [0.15, 0.2) is 11.5 Å². The lowest BCUT2D eigenvalue weighted by Gasteiger charge is -2.11. The molecule has 1 amide bonds. The molecule has 1 aliphatic heterocycles. The zero-order valence-corrected chi connectivity index (χ0v) is 15.5. The van der Waals surface area contributed by atoms with E-state index in [1.165, 1.54) is 0 Å². The highest BCUT2D eigenvalue weighted by Crippen LogP contribution is 2.32. The first-order valence-electron chi connectivity index (χ1n) is 9.14. The molecule has 0 saturated heterocycles. The second kappa shape index (κ2) is 8.00. The molecule has 0 radical (unpaired) electrons. The van der Waals surface area contributed by atoms with Crippen LogP contribution in [0.15, 0.2) is 59.7 Å². The van der Waals surface area contributed by atoms with Crippen LogP contribution in [0.2, 0.25) is 0 Å². The maximum absolute atomic E-state index is 12.4. The number of hydrazone groups is 1. The topological polar surface area (TPSA) is 69.2 Å². The standard InChI is InChI=1S/C22H20N2O4/c1-2-11-26-19-9-7-15-5-3-4-6-17(15)18(19)13-23-24-22(25)16-8-10-20-21(12-16)28-14-27-20/h3-10,12-13H,2,11,14H2,1H3,(H,24,25)/b23-13-. The van der Waals surface area contributed by atoms with Gasteiger partial charge in [-0.25, -0.2) is 5.43 Å². The predicted molar refractivity (Wildman–Crippen MR) is 107 cm³/mol. The van der Waals surface area contributed by atoms with Gasteiger partial charge in [-0.1, -0.05) is 37.3 Å². The quantitative estimate of drug-likeness (QED) is 0.519. The summed E-state index contributed by atoms with van der Waals surface area (Å²) < 4.78 is 16.4. The average Bonchev–Trinajstić information content (AvgIpc) is 3.20. The number of nitrogens with one attached hydrogen (secondary N) is 1. The summed E-state index contributed by atoms with van der Waals surface area (Å²) >= 11 is 0. The summed E-state index contributed by atoms with van der Waals surface area (Å²) in [5.74, 6) is 1.60. The Kier molecular flexibility index (Phi) is 5.10. The molecule has 4 rings (SSSR count). The molecule has 1 aliphatic rings. The summed E-state index contributed by atoms with van der Waals surface area (Å²) in [7, 11) is 0. The molecule has 6 heteroatoms. The number of amides is 1. The maximum Gasteiger partial charge on any atom is 0.271 e. The molecular weight excluding hydrogens is 356 g/mol. The monoisotopic (exact) mass is 376 g/mol. The molecule has 6 nitrogen and oxygen atoms in total. The van der Waals surface area contributed by atoms with Crippen molar-refractivity contribution in [3.8, 4) is 17.2 Å². The van der Waals surface area contributed by atoms with Gasteiger partial charge < -0.3 is 14.2 Å². The van der Waals surface area contributed by atoms with Gasteiger partial charge in [0, 0.05) is 11.1 Å². The fraction of sp³-hybridized carbons (Fsp3) is 0.182. The van der Waals surface area contributed by atoms with Gasteiger partial charge in [0.1, 0.15) is 5.75 Å². The van der Waals surface area contributed by atoms with Gasteiger partial charge in [-0.05, 0) is 41.5 Å². The molecule has 3 aromatic rings. The number of carbonyl (C=O) groups is 1. The molecule has 28 heavy (non-hydrogen) atoms. The summed E-state index contributed by atoms with van der Waals surface area (Å²) in [5.41, 5.74) is 3.84. The Balaban J connectivity index is 1.56. The molecule has 0 saturated carbocycles. The minimum atomic E-state index is -0.328. The summed E-state index contributed by atoms with van der Waals surface area (Å²) in [6, 6.07) is 17.0. The zero-order valence-electron chi connectivity index (χ0n) is 15.5. The zero-order chi connectivity index (χ0) is 19.3. The van der Waals surface area contributed by atoms with E-state index in [1.54, 1.807) is 24.4 Å². The Morgan fingerprint density at radius 1 is 1.14 bits per heavy atom. The largest absolute Gasteiger partial charge is 0.493 e. The molecule has 1 N–H and O–H groups in total. The van der Waals surface area contributed by atoms with Gasteiger partial charge in [0.2, 0.25) is 6.79 Å². The first kappa shape index (κ1) is 17.9. The fourth-order valence-corrected chi connectivity index (χ4v) is 3.00. The molecule has 0 fully saturated rings. The summed E-state index contributed by atoms with van der Waals surface area (Å²) in [5, 5.41) is 6.24. The van der Waals surface area contributed by atoms with Crippen molar-refractivity contribution in [1.82, 2.24) is 5.43 Å². The first-order chi connectivity index (χ1) is 13.8. The number of ether oxygens (including phenoxy) is 3. The number of benzene rings is 3. The normalized spacial score (nSPS) is 12.5. The van der Waals surface area contributed by atoms with E-state index in [0.29, 0.717) is 23.7 Å². The van der Waals surface area contributed by atoms with E-state index in [-0.39, 0.29) is 12.7 Å². The number of nitrogens with zero attached hydrogens (tertiary/aromatic N) is 1. The molecule has 0 bridgehead atoms. The highest BCUT2D eigenvalue weighted by atomic mass is 16.7. The predicted octanol–water partition coefficient (Wildman–Crippen LogP) is 4.12. The lowest BCUT2D eigenvalue weighted by atomic mass is 10.0. The minimum absolute atomic E-state index is 0.167. The molecule has 0 aliphatic carbocycles. The lowest BCUT2D eigenvalue weighted by molar-refractivity contribution is 0.0954. The maximum atomic E-state index is 12.4.